The van der Waals surface area contributed by atoms with Crippen molar-refractivity contribution >= 4 is 11.6 Å². The van der Waals surface area contributed by atoms with Crippen molar-refractivity contribution in [3.63, 3.8) is 0 Å². The molecule has 1 aliphatic rings. The van der Waals surface area contributed by atoms with E-state index in [2.05, 4.69) is 55.9 Å². The highest BCUT2D eigenvalue weighted by Crippen LogP contribution is 2.35. The topological polar surface area (TPSA) is 41.0 Å². The van der Waals surface area contributed by atoms with E-state index in [9.17, 15) is 0 Å². The second-order valence-corrected chi connectivity index (χ2v) is 7.04. The van der Waals surface area contributed by atoms with Crippen LogP contribution in [-0.2, 0) is 6.42 Å². The van der Waals surface area contributed by atoms with Crippen LogP contribution in [0.25, 0.3) is 0 Å². The maximum absolute atomic E-state index is 4.72. The van der Waals surface area contributed by atoms with Crippen molar-refractivity contribution in [2.75, 3.05) is 29.9 Å². The highest BCUT2D eigenvalue weighted by atomic mass is 15.2. The van der Waals surface area contributed by atoms with Gasteiger partial charge in [-0.05, 0) is 31.1 Å². The molecule has 2 heterocycles. The molecule has 1 aromatic heterocycles. The Balaban J connectivity index is 2.10. The second kappa shape index (κ2) is 6.63. The third-order valence-corrected chi connectivity index (χ3v) is 4.48. The molecule has 1 fully saturated rings. The zero-order valence-corrected chi connectivity index (χ0v) is 14.2. The van der Waals surface area contributed by atoms with Crippen molar-refractivity contribution in [2.45, 2.75) is 53.9 Å². The SMILES string of the molecule is CCNc1cc(N2CCC(C(C)(C)C)CC2)nc(CC)n1. The molecule has 0 bridgehead atoms. The predicted octanol–water partition coefficient (Wildman–Crippen LogP) is 3.73. The lowest BCUT2D eigenvalue weighted by Gasteiger charge is -2.39. The number of rotatable bonds is 4. The van der Waals surface area contributed by atoms with Crippen molar-refractivity contribution < 1.29 is 0 Å². The van der Waals surface area contributed by atoms with Gasteiger partial charge in [0.05, 0.1) is 0 Å². The Morgan fingerprint density at radius 1 is 1.19 bits per heavy atom. The predicted molar refractivity (Wildman–Crippen MR) is 90.0 cm³/mol. The van der Waals surface area contributed by atoms with E-state index in [-0.39, 0.29) is 0 Å². The number of anilines is 2. The minimum absolute atomic E-state index is 0.418. The molecule has 1 aromatic rings. The van der Waals surface area contributed by atoms with Gasteiger partial charge in [0.1, 0.15) is 17.5 Å². The summed E-state index contributed by atoms with van der Waals surface area (Å²) in [5, 5.41) is 3.32. The average Bonchev–Trinajstić information content (AvgIpc) is 2.46. The molecule has 1 N–H and O–H groups in total. The van der Waals surface area contributed by atoms with Crippen LogP contribution in [0, 0.1) is 11.3 Å². The Labute approximate surface area is 129 Å². The molecule has 0 amide bonds. The Kier molecular flexibility index (Phi) is 5.07. The van der Waals surface area contributed by atoms with Crippen LogP contribution in [-0.4, -0.2) is 29.6 Å². The summed E-state index contributed by atoms with van der Waals surface area (Å²) in [6.07, 6.45) is 3.39. The molecule has 4 heteroatoms. The van der Waals surface area contributed by atoms with Gasteiger partial charge in [-0.2, -0.15) is 0 Å². The molecule has 0 aromatic carbocycles. The Bertz CT molecular complexity index is 456. The van der Waals surface area contributed by atoms with Gasteiger partial charge in [-0.3, -0.25) is 0 Å². The first kappa shape index (κ1) is 16.1. The summed E-state index contributed by atoms with van der Waals surface area (Å²) in [6, 6.07) is 2.10. The van der Waals surface area contributed by atoms with Crippen LogP contribution in [0.2, 0.25) is 0 Å². The Hall–Kier alpha value is -1.32. The number of nitrogens with zero attached hydrogens (tertiary/aromatic N) is 3. The minimum Gasteiger partial charge on any atom is -0.370 e. The lowest BCUT2D eigenvalue weighted by atomic mass is 9.75. The van der Waals surface area contributed by atoms with Crippen LogP contribution in [0.3, 0.4) is 0 Å². The van der Waals surface area contributed by atoms with Gasteiger partial charge in [0.25, 0.3) is 0 Å². The van der Waals surface area contributed by atoms with Gasteiger partial charge in [-0.15, -0.1) is 0 Å². The van der Waals surface area contributed by atoms with Crippen LogP contribution in [0.4, 0.5) is 11.6 Å². The van der Waals surface area contributed by atoms with Gasteiger partial charge >= 0.3 is 0 Å². The van der Waals surface area contributed by atoms with Crippen LogP contribution in [0.5, 0.6) is 0 Å². The van der Waals surface area contributed by atoms with Gasteiger partial charge in [0, 0.05) is 32.1 Å². The fraction of sp³-hybridized carbons (Fsp3) is 0.765. The van der Waals surface area contributed by atoms with E-state index in [1.165, 1.54) is 12.8 Å². The highest BCUT2D eigenvalue weighted by Gasteiger charge is 2.29. The first-order valence-corrected chi connectivity index (χ1v) is 8.30. The quantitative estimate of drug-likeness (QED) is 0.917. The second-order valence-electron chi connectivity index (χ2n) is 7.04. The fourth-order valence-electron chi connectivity index (χ4n) is 3.05. The fourth-order valence-corrected chi connectivity index (χ4v) is 3.05. The maximum Gasteiger partial charge on any atom is 0.134 e. The first-order valence-electron chi connectivity index (χ1n) is 8.30. The molecule has 21 heavy (non-hydrogen) atoms. The molecule has 4 nitrogen and oxygen atoms in total. The van der Waals surface area contributed by atoms with Gasteiger partial charge in [0.2, 0.25) is 0 Å². The van der Waals surface area contributed by atoms with Crippen molar-refractivity contribution in [1.29, 1.82) is 0 Å². The average molecular weight is 290 g/mol. The van der Waals surface area contributed by atoms with E-state index in [4.69, 9.17) is 4.98 Å². The van der Waals surface area contributed by atoms with E-state index in [0.717, 1.165) is 49.4 Å². The maximum atomic E-state index is 4.72. The number of aromatic nitrogens is 2. The van der Waals surface area contributed by atoms with Crippen LogP contribution in [0.15, 0.2) is 6.07 Å². The third-order valence-electron chi connectivity index (χ3n) is 4.48. The number of hydrogen-bond acceptors (Lipinski definition) is 4. The monoisotopic (exact) mass is 290 g/mol. The Morgan fingerprint density at radius 2 is 1.86 bits per heavy atom. The molecular weight excluding hydrogens is 260 g/mol. The molecule has 0 spiro atoms. The summed E-state index contributed by atoms with van der Waals surface area (Å²) < 4.78 is 0. The van der Waals surface area contributed by atoms with Gasteiger partial charge in [-0.25, -0.2) is 9.97 Å². The zero-order valence-electron chi connectivity index (χ0n) is 14.2. The molecule has 0 atom stereocenters. The van der Waals surface area contributed by atoms with Crippen molar-refractivity contribution in [2.24, 2.45) is 11.3 Å². The normalized spacial score (nSPS) is 17.1. The standard InChI is InChI=1S/C17H30N4/c1-6-14-19-15(18-7-2)12-16(20-14)21-10-8-13(9-11-21)17(3,4)5/h12-13H,6-11H2,1-5H3,(H,18,19,20). The molecule has 0 saturated carbocycles. The van der Waals surface area contributed by atoms with Crippen molar-refractivity contribution in [1.82, 2.24) is 9.97 Å². The summed E-state index contributed by atoms with van der Waals surface area (Å²) in [4.78, 5) is 11.7. The molecule has 1 saturated heterocycles. The van der Waals surface area contributed by atoms with E-state index >= 15 is 0 Å². The number of piperidine rings is 1. The van der Waals surface area contributed by atoms with Crippen molar-refractivity contribution in [3.05, 3.63) is 11.9 Å². The first-order chi connectivity index (χ1) is 9.94. The Morgan fingerprint density at radius 3 is 2.38 bits per heavy atom. The number of nitrogens with one attached hydrogen (secondary N) is 1. The molecule has 0 radical (unpaired) electrons. The molecule has 118 valence electrons. The highest BCUT2D eigenvalue weighted by molar-refractivity contribution is 5.49. The molecular formula is C17H30N4. The van der Waals surface area contributed by atoms with Crippen molar-refractivity contribution in [3.8, 4) is 0 Å². The minimum atomic E-state index is 0.418. The summed E-state index contributed by atoms with van der Waals surface area (Å²) in [5.41, 5.74) is 0.418. The largest absolute Gasteiger partial charge is 0.370 e. The van der Waals surface area contributed by atoms with Gasteiger partial charge < -0.3 is 10.2 Å². The van der Waals surface area contributed by atoms with E-state index in [1.54, 1.807) is 0 Å². The van der Waals surface area contributed by atoms with E-state index < -0.39 is 0 Å². The summed E-state index contributed by atoms with van der Waals surface area (Å²) >= 11 is 0. The summed E-state index contributed by atoms with van der Waals surface area (Å²) in [5.74, 6) is 3.79. The number of hydrogen-bond donors (Lipinski definition) is 1. The summed E-state index contributed by atoms with van der Waals surface area (Å²) in [7, 11) is 0. The summed E-state index contributed by atoms with van der Waals surface area (Å²) in [6.45, 7) is 14.4. The zero-order chi connectivity index (χ0) is 15.5. The van der Waals surface area contributed by atoms with Crippen LogP contribution in [0.1, 0.15) is 53.3 Å². The molecule has 1 aliphatic heterocycles. The lowest BCUT2D eigenvalue weighted by Crippen LogP contribution is -2.38. The molecule has 0 unspecified atom stereocenters. The third kappa shape index (κ3) is 4.08. The van der Waals surface area contributed by atoms with Gasteiger partial charge in [-0.1, -0.05) is 27.7 Å². The van der Waals surface area contributed by atoms with Gasteiger partial charge in [0.15, 0.2) is 0 Å². The molecule has 0 aliphatic carbocycles. The number of aryl methyl sites for hydroxylation is 1. The smallest absolute Gasteiger partial charge is 0.134 e. The van der Waals surface area contributed by atoms with E-state index in [1.807, 2.05) is 0 Å². The van der Waals surface area contributed by atoms with Crippen LogP contribution >= 0.6 is 0 Å². The van der Waals surface area contributed by atoms with Crippen LogP contribution < -0.4 is 10.2 Å². The lowest BCUT2D eigenvalue weighted by molar-refractivity contribution is 0.198. The van der Waals surface area contributed by atoms with E-state index in [0.29, 0.717) is 5.41 Å². The molecule has 2 rings (SSSR count).